The summed E-state index contributed by atoms with van der Waals surface area (Å²) in [5.74, 6) is -0.524. The second-order valence-corrected chi connectivity index (χ2v) is 7.88. The first-order valence-corrected chi connectivity index (χ1v) is 9.52. The number of rotatable bonds is 6. The van der Waals surface area contributed by atoms with Crippen molar-refractivity contribution in [1.82, 2.24) is 9.21 Å². The second kappa shape index (κ2) is 10.3. The van der Waals surface area contributed by atoms with Gasteiger partial charge in [-0.3, -0.25) is 4.79 Å². The van der Waals surface area contributed by atoms with Gasteiger partial charge < -0.3 is 14.7 Å². The third-order valence-electron chi connectivity index (χ3n) is 3.98. The Morgan fingerprint density at radius 1 is 1.32 bits per heavy atom. The molecule has 1 fully saturated rings. The summed E-state index contributed by atoms with van der Waals surface area (Å²) in [5.41, 5.74) is 0. The highest BCUT2D eigenvalue weighted by Gasteiger charge is 2.28. The summed E-state index contributed by atoms with van der Waals surface area (Å²) in [4.78, 5) is 10.5. The van der Waals surface area contributed by atoms with Crippen LogP contribution in [0.5, 0.6) is 5.75 Å². The molecule has 0 bridgehead atoms. The highest BCUT2D eigenvalue weighted by atomic mass is 32.2. The summed E-state index contributed by atoms with van der Waals surface area (Å²) in [6, 6.07) is 6.42. The number of carboxylic acid groups (broad SMARTS) is 1. The number of piperidine rings is 1. The maximum Gasteiger partial charge on any atom is 0.290 e. The zero-order chi connectivity index (χ0) is 18.9. The molecule has 1 aromatic carbocycles. The third-order valence-corrected chi connectivity index (χ3v) is 5.82. The van der Waals surface area contributed by atoms with Gasteiger partial charge in [-0.2, -0.15) is 0 Å². The van der Waals surface area contributed by atoms with E-state index in [0.717, 1.165) is 12.8 Å². The maximum atomic E-state index is 13.4. The number of benzene rings is 1. The van der Waals surface area contributed by atoms with Crippen molar-refractivity contribution < 1.29 is 27.4 Å². The molecule has 1 saturated heterocycles. The fourth-order valence-corrected chi connectivity index (χ4v) is 3.90. The van der Waals surface area contributed by atoms with Gasteiger partial charge in [-0.25, -0.2) is 17.1 Å². The largest absolute Gasteiger partial charge is 0.489 e. The van der Waals surface area contributed by atoms with Crippen LogP contribution in [0.4, 0.5) is 4.39 Å². The van der Waals surface area contributed by atoms with Gasteiger partial charge in [0, 0.05) is 19.1 Å². The molecule has 7 nitrogen and oxygen atoms in total. The molecular formula is C16H25FN2O5S. The van der Waals surface area contributed by atoms with Crippen molar-refractivity contribution in [3.8, 4) is 5.75 Å². The first-order valence-electron chi connectivity index (χ1n) is 7.91. The first kappa shape index (κ1) is 21.3. The average molecular weight is 376 g/mol. The fourth-order valence-electron chi connectivity index (χ4n) is 2.58. The van der Waals surface area contributed by atoms with Crippen LogP contribution >= 0.6 is 0 Å². The van der Waals surface area contributed by atoms with Gasteiger partial charge in [0.05, 0.1) is 5.75 Å². The minimum absolute atomic E-state index is 0.0448. The summed E-state index contributed by atoms with van der Waals surface area (Å²) in [5, 5.41) is 6.89. The molecule has 0 amide bonds. The predicted molar refractivity (Wildman–Crippen MR) is 92.7 cm³/mol. The van der Waals surface area contributed by atoms with Gasteiger partial charge in [-0.05, 0) is 39.1 Å². The highest BCUT2D eigenvalue weighted by molar-refractivity contribution is 7.89. The van der Waals surface area contributed by atoms with E-state index < -0.39 is 15.8 Å². The number of halogens is 1. The van der Waals surface area contributed by atoms with Crippen molar-refractivity contribution in [2.45, 2.75) is 18.9 Å². The zero-order valence-corrected chi connectivity index (χ0v) is 15.3. The highest BCUT2D eigenvalue weighted by Crippen LogP contribution is 2.18. The average Bonchev–Trinajstić information content (AvgIpc) is 2.57. The summed E-state index contributed by atoms with van der Waals surface area (Å²) in [6.07, 6.45) is 1.67. The van der Waals surface area contributed by atoms with E-state index in [2.05, 4.69) is 4.90 Å². The Bertz CT molecular complexity index is 631. The minimum atomic E-state index is -3.35. The molecule has 1 heterocycles. The maximum absolute atomic E-state index is 13.4. The van der Waals surface area contributed by atoms with Gasteiger partial charge in [0.15, 0.2) is 11.6 Å². The molecule has 0 aromatic heterocycles. The smallest absolute Gasteiger partial charge is 0.290 e. The molecule has 0 aliphatic carbocycles. The Morgan fingerprint density at radius 3 is 2.40 bits per heavy atom. The van der Waals surface area contributed by atoms with Crippen LogP contribution < -0.4 is 4.74 Å². The van der Waals surface area contributed by atoms with Gasteiger partial charge >= 0.3 is 0 Å². The van der Waals surface area contributed by atoms with Crippen LogP contribution in [0.2, 0.25) is 0 Å². The van der Waals surface area contributed by atoms with Crippen LogP contribution in [0.1, 0.15) is 12.8 Å². The van der Waals surface area contributed by atoms with E-state index in [4.69, 9.17) is 14.6 Å². The monoisotopic (exact) mass is 376 g/mol. The molecule has 1 aliphatic rings. The van der Waals surface area contributed by atoms with Gasteiger partial charge in [0.1, 0.15) is 6.61 Å². The van der Waals surface area contributed by atoms with Crippen molar-refractivity contribution in [3.63, 3.8) is 0 Å². The normalized spacial score (nSPS) is 16.2. The number of carbonyl (C=O) groups is 1. The number of para-hydroxylation sites is 1. The van der Waals surface area contributed by atoms with E-state index in [1.54, 1.807) is 12.1 Å². The first-order chi connectivity index (χ1) is 11.8. The fraction of sp³-hybridized carbons (Fsp3) is 0.562. The van der Waals surface area contributed by atoms with Crippen LogP contribution in [-0.4, -0.2) is 74.8 Å². The lowest BCUT2D eigenvalue weighted by Crippen LogP contribution is -2.45. The summed E-state index contributed by atoms with van der Waals surface area (Å²) >= 11 is 0. The van der Waals surface area contributed by atoms with Crippen molar-refractivity contribution in [2.75, 3.05) is 39.5 Å². The van der Waals surface area contributed by atoms with Gasteiger partial charge in [-0.1, -0.05) is 12.1 Å². The standard InChI is InChI=1S/C15H23FN2O3S.CH2O2/c1-17(2)13-7-9-18(10-8-13)22(19,20)12-11-21-15-6-4-3-5-14(15)16;2-1-3/h3-6,13H,7-12H2,1-2H3;1H,(H,2,3). The van der Waals surface area contributed by atoms with Crippen molar-refractivity contribution in [2.24, 2.45) is 0 Å². The molecule has 0 unspecified atom stereocenters. The summed E-state index contributed by atoms with van der Waals surface area (Å²) in [7, 11) is 0.674. The summed E-state index contributed by atoms with van der Waals surface area (Å²) < 4.78 is 44.7. The van der Waals surface area contributed by atoms with Gasteiger partial charge in [0.25, 0.3) is 6.47 Å². The number of ether oxygens (including phenoxy) is 1. The number of nitrogens with zero attached hydrogens (tertiary/aromatic N) is 2. The van der Waals surface area contributed by atoms with Gasteiger partial charge in [0.2, 0.25) is 10.0 Å². The van der Waals surface area contributed by atoms with Crippen LogP contribution in [0.15, 0.2) is 24.3 Å². The van der Waals surface area contributed by atoms with E-state index in [-0.39, 0.29) is 24.6 Å². The second-order valence-electron chi connectivity index (χ2n) is 5.79. The van der Waals surface area contributed by atoms with E-state index in [1.807, 2.05) is 14.1 Å². The quantitative estimate of drug-likeness (QED) is 0.752. The Kier molecular flexibility index (Phi) is 8.81. The number of hydrogen-bond acceptors (Lipinski definition) is 5. The van der Waals surface area contributed by atoms with Crippen molar-refractivity contribution in [3.05, 3.63) is 30.1 Å². The van der Waals surface area contributed by atoms with Crippen LogP contribution in [0.3, 0.4) is 0 Å². The lowest BCUT2D eigenvalue weighted by molar-refractivity contribution is -0.122. The molecule has 1 N–H and O–H groups in total. The molecule has 1 aliphatic heterocycles. The Balaban J connectivity index is 0.000000970. The van der Waals surface area contributed by atoms with Crippen molar-refractivity contribution >= 4 is 16.5 Å². The van der Waals surface area contributed by atoms with Crippen molar-refractivity contribution in [1.29, 1.82) is 0 Å². The Morgan fingerprint density at radius 2 is 1.88 bits per heavy atom. The molecule has 0 atom stereocenters. The van der Waals surface area contributed by atoms with E-state index in [9.17, 15) is 12.8 Å². The topological polar surface area (TPSA) is 87.2 Å². The molecule has 142 valence electrons. The predicted octanol–water partition coefficient (Wildman–Crippen LogP) is 1.26. The van der Waals surface area contributed by atoms with Crippen LogP contribution in [-0.2, 0) is 14.8 Å². The number of sulfonamides is 1. The Hall–Kier alpha value is -1.71. The lowest BCUT2D eigenvalue weighted by atomic mass is 10.1. The molecular weight excluding hydrogens is 351 g/mol. The molecule has 0 radical (unpaired) electrons. The third kappa shape index (κ3) is 6.97. The molecule has 0 saturated carbocycles. The van der Waals surface area contributed by atoms with Crippen LogP contribution in [0, 0.1) is 5.82 Å². The molecule has 0 spiro atoms. The van der Waals surface area contributed by atoms with E-state index in [0.29, 0.717) is 19.1 Å². The molecule has 9 heteroatoms. The zero-order valence-electron chi connectivity index (χ0n) is 14.5. The molecule has 1 aromatic rings. The SMILES string of the molecule is CN(C)C1CCN(S(=O)(=O)CCOc2ccccc2F)CC1.O=CO. The Labute approximate surface area is 148 Å². The van der Waals surface area contributed by atoms with E-state index >= 15 is 0 Å². The van der Waals surface area contributed by atoms with E-state index in [1.165, 1.54) is 16.4 Å². The summed E-state index contributed by atoms with van der Waals surface area (Å²) in [6.45, 7) is 0.770. The molecule has 2 rings (SSSR count). The van der Waals surface area contributed by atoms with Crippen LogP contribution in [0.25, 0.3) is 0 Å². The minimum Gasteiger partial charge on any atom is -0.489 e. The van der Waals surface area contributed by atoms with Gasteiger partial charge in [-0.15, -0.1) is 0 Å². The molecule has 25 heavy (non-hydrogen) atoms. The number of hydrogen-bond donors (Lipinski definition) is 1. The lowest BCUT2D eigenvalue weighted by Gasteiger charge is -2.34.